The Balaban J connectivity index is 1.32. The molecule has 9 nitrogen and oxygen atoms in total. The smallest absolute Gasteiger partial charge is 0.416 e. The number of aliphatic imine (C=N–C) groups is 1. The quantitative estimate of drug-likeness (QED) is 0.0793. The van der Waals surface area contributed by atoms with E-state index in [-0.39, 0.29) is 18.8 Å². The Labute approximate surface area is 207 Å². The molecule has 1 N–H and O–H groups in total. The van der Waals surface area contributed by atoms with Crippen molar-refractivity contribution in [3.05, 3.63) is 108 Å². The van der Waals surface area contributed by atoms with E-state index in [1.807, 2.05) is 24.3 Å². The number of ketones is 1. The minimum atomic E-state index is -0.974. The van der Waals surface area contributed by atoms with Crippen molar-refractivity contribution in [3.63, 3.8) is 0 Å². The van der Waals surface area contributed by atoms with Crippen LogP contribution in [0, 0.1) is 0 Å². The number of Topliss-reactive ketones (excluding diaryl/α,β-unsaturated/α-hetero) is 1. The Morgan fingerprint density at radius 2 is 1.50 bits per heavy atom. The number of hydrogen-bond donors (Lipinski definition) is 1. The van der Waals surface area contributed by atoms with Gasteiger partial charge in [-0.05, 0) is 41.8 Å². The highest BCUT2D eigenvalue weighted by Crippen LogP contribution is 2.17. The van der Waals surface area contributed by atoms with Gasteiger partial charge >= 0.3 is 12.1 Å². The zero-order valence-corrected chi connectivity index (χ0v) is 19.1. The molecule has 0 saturated heterocycles. The van der Waals surface area contributed by atoms with Gasteiger partial charge in [0, 0.05) is 11.3 Å². The summed E-state index contributed by atoms with van der Waals surface area (Å²) < 4.78 is 14.8. The van der Waals surface area contributed by atoms with Gasteiger partial charge in [-0.2, -0.15) is 4.99 Å². The van der Waals surface area contributed by atoms with E-state index in [2.05, 4.69) is 10.3 Å². The fourth-order valence-corrected chi connectivity index (χ4v) is 2.98. The number of ether oxygens (including phenoxy) is 3. The second-order valence-electron chi connectivity index (χ2n) is 7.25. The zero-order valence-electron chi connectivity index (χ0n) is 19.1. The van der Waals surface area contributed by atoms with Gasteiger partial charge in [0.05, 0.1) is 5.69 Å². The van der Waals surface area contributed by atoms with Crippen LogP contribution in [-0.2, 0) is 30.2 Å². The first-order valence-electron chi connectivity index (χ1n) is 10.8. The molecular formula is C27H22N2O7. The second-order valence-corrected chi connectivity index (χ2v) is 7.25. The number of amides is 1. The molecule has 9 heteroatoms. The van der Waals surface area contributed by atoms with Gasteiger partial charge < -0.3 is 14.2 Å². The summed E-state index contributed by atoms with van der Waals surface area (Å²) in [7, 11) is 0. The lowest BCUT2D eigenvalue weighted by Crippen LogP contribution is -2.19. The Kier molecular flexibility index (Phi) is 9.70. The van der Waals surface area contributed by atoms with Crippen LogP contribution < -0.4 is 5.32 Å². The Bertz CT molecular complexity index is 1250. The molecule has 0 atom stereocenters. The summed E-state index contributed by atoms with van der Waals surface area (Å²) in [5.74, 6) is -1.71. The summed E-state index contributed by atoms with van der Waals surface area (Å²) in [6, 6.07) is 22.5. The largest absolute Gasteiger partial charge is 0.494 e. The van der Waals surface area contributed by atoms with E-state index in [0.29, 0.717) is 17.8 Å². The van der Waals surface area contributed by atoms with Gasteiger partial charge in [0.1, 0.15) is 25.7 Å². The van der Waals surface area contributed by atoms with Gasteiger partial charge in [-0.1, -0.05) is 54.6 Å². The summed E-state index contributed by atoms with van der Waals surface area (Å²) in [4.78, 5) is 49.3. The predicted molar refractivity (Wildman–Crippen MR) is 130 cm³/mol. The first-order valence-corrected chi connectivity index (χ1v) is 10.8. The molecule has 182 valence electrons. The van der Waals surface area contributed by atoms with Crippen molar-refractivity contribution in [1.29, 1.82) is 0 Å². The van der Waals surface area contributed by atoms with E-state index in [0.717, 1.165) is 23.7 Å². The number of isocyanates is 1. The zero-order chi connectivity index (χ0) is 25.6. The van der Waals surface area contributed by atoms with Gasteiger partial charge in [-0.25, -0.2) is 14.4 Å². The lowest BCUT2D eigenvalue weighted by Gasteiger charge is -2.06. The Hall–Kier alpha value is -5.01. The molecule has 0 aliphatic carbocycles. The van der Waals surface area contributed by atoms with E-state index in [9.17, 15) is 19.2 Å². The number of anilines is 1. The van der Waals surface area contributed by atoms with Crippen LogP contribution in [0.5, 0.6) is 0 Å². The number of benzene rings is 3. The van der Waals surface area contributed by atoms with Crippen LogP contribution in [0.3, 0.4) is 0 Å². The maximum Gasteiger partial charge on any atom is 0.416 e. The molecule has 0 aliphatic rings. The average molecular weight is 486 g/mol. The van der Waals surface area contributed by atoms with Gasteiger partial charge in [0.15, 0.2) is 0 Å². The molecule has 0 fully saturated rings. The van der Waals surface area contributed by atoms with Crippen LogP contribution in [0.25, 0.3) is 0 Å². The molecule has 0 radical (unpaired) electrons. The molecule has 0 spiro atoms. The van der Waals surface area contributed by atoms with E-state index < -0.39 is 17.8 Å². The molecule has 36 heavy (non-hydrogen) atoms. The van der Waals surface area contributed by atoms with E-state index in [1.54, 1.807) is 42.5 Å². The molecule has 0 bridgehead atoms. The van der Waals surface area contributed by atoms with Crippen molar-refractivity contribution in [2.75, 3.05) is 18.5 Å². The first kappa shape index (κ1) is 25.6. The number of nitrogens with one attached hydrogen (secondary N) is 1. The molecule has 0 heterocycles. The third-order valence-corrected chi connectivity index (χ3v) is 4.70. The number of carbonyl (C=O) groups is 3. The van der Waals surface area contributed by atoms with Crippen LogP contribution in [0.1, 0.15) is 21.5 Å². The lowest BCUT2D eigenvalue weighted by atomic mass is 10.0. The van der Waals surface area contributed by atoms with Crippen LogP contribution >= 0.6 is 0 Å². The number of carbonyl (C=O) groups excluding carboxylic acids is 4. The number of hydrogen-bond acceptors (Lipinski definition) is 8. The Morgan fingerprint density at radius 1 is 0.833 bits per heavy atom. The van der Waals surface area contributed by atoms with Gasteiger partial charge in [-0.15, -0.1) is 0 Å². The van der Waals surface area contributed by atoms with Gasteiger partial charge in [0.2, 0.25) is 6.08 Å². The molecular weight excluding hydrogens is 464 g/mol. The molecule has 0 aliphatic heterocycles. The minimum absolute atomic E-state index is 0.0240. The summed E-state index contributed by atoms with van der Waals surface area (Å²) in [6.45, 7) is -0.166. The van der Waals surface area contributed by atoms with E-state index >= 15 is 0 Å². The molecule has 3 aromatic carbocycles. The molecule has 1 amide bonds. The van der Waals surface area contributed by atoms with E-state index in [4.69, 9.17) is 14.2 Å². The average Bonchev–Trinajstić information content (AvgIpc) is 2.90. The van der Waals surface area contributed by atoms with Crippen LogP contribution in [-0.4, -0.2) is 37.1 Å². The monoisotopic (exact) mass is 486 g/mol. The van der Waals surface area contributed by atoms with Crippen molar-refractivity contribution in [2.24, 2.45) is 4.99 Å². The second kappa shape index (κ2) is 13.6. The first-order chi connectivity index (χ1) is 17.5. The molecule has 0 aromatic heterocycles. The normalized spacial score (nSPS) is 10.2. The molecule has 3 rings (SSSR count). The minimum Gasteiger partial charge on any atom is -0.494 e. The highest BCUT2D eigenvalue weighted by atomic mass is 16.6. The highest BCUT2D eigenvalue weighted by Gasteiger charge is 2.17. The summed E-state index contributed by atoms with van der Waals surface area (Å²) in [5, 5.41) is 2.58. The Morgan fingerprint density at radius 3 is 2.17 bits per heavy atom. The van der Waals surface area contributed by atoms with Crippen molar-refractivity contribution in [1.82, 2.24) is 0 Å². The fourth-order valence-electron chi connectivity index (χ4n) is 2.98. The summed E-state index contributed by atoms with van der Waals surface area (Å²) in [6.07, 6.45) is 3.63. The number of rotatable bonds is 11. The lowest BCUT2D eigenvalue weighted by molar-refractivity contribution is -0.139. The van der Waals surface area contributed by atoms with Gasteiger partial charge in [0.25, 0.3) is 5.78 Å². The number of esters is 1. The maximum absolute atomic E-state index is 11.9. The van der Waals surface area contributed by atoms with Gasteiger partial charge in [-0.3, -0.25) is 10.1 Å². The van der Waals surface area contributed by atoms with Crippen molar-refractivity contribution < 1.29 is 33.4 Å². The predicted octanol–water partition coefficient (Wildman–Crippen LogP) is 4.71. The van der Waals surface area contributed by atoms with E-state index in [1.165, 1.54) is 18.2 Å². The van der Waals surface area contributed by atoms with Crippen molar-refractivity contribution in [2.45, 2.75) is 6.42 Å². The molecule has 3 aromatic rings. The van der Waals surface area contributed by atoms with Crippen molar-refractivity contribution in [3.8, 4) is 0 Å². The highest BCUT2D eigenvalue weighted by molar-refractivity contribution is 6.40. The van der Waals surface area contributed by atoms with Crippen molar-refractivity contribution >= 4 is 35.3 Å². The van der Waals surface area contributed by atoms with Crippen LogP contribution in [0.2, 0.25) is 0 Å². The summed E-state index contributed by atoms with van der Waals surface area (Å²) in [5.41, 5.74) is 3.41. The third kappa shape index (κ3) is 8.40. The fraction of sp³-hybridized carbons (Fsp3) is 0.111. The SMILES string of the molecule is O=C=Nc1ccc(Cc2ccc(NC(=O)O/C=C/OCCOC(=O)C(=O)c3ccccc3)cc2)cc1. The third-order valence-electron chi connectivity index (χ3n) is 4.70. The number of nitrogens with zero attached hydrogens (tertiary/aromatic N) is 1. The maximum atomic E-state index is 11.9. The molecule has 0 saturated carbocycles. The van der Waals surface area contributed by atoms with Crippen LogP contribution in [0.4, 0.5) is 16.2 Å². The summed E-state index contributed by atoms with van der Waals surface area (Å²) >= 11 is 0. The molecule has 0 unspecified atom stereocenters. The van der Waals surface area contributed by atoms with Crippen LogP contribution in [0.15, 0.2) is 96.4 Å². The topological polar surface area (TPSA) is 120 Å². The standard InChI is InChI=1S/C27H22N2O7/c30-19-28-23-10-6-20(7-11-23)18-21-8-12-24(13-9-21)29-27(33)36-17-15-34-14-16-35-26(32)25(31)22-4-2-1-3-5-22/h1-13,15,17H,14,16,18H2,(H,29,33)/b17-15+.